The second-order valence-corrected chi connectivity index (χ2v) is 5.74. The lowest BCUT2D eigenvalue weighted by Gasteiger charge is -2.32. The number of anilines is 1. The molecular formula is C12H12IN5O2. The van der Waals surface area contributed by atoms with Crippen molar-refractivity contribution in [2.75, 3.05) is 4.90 Å². The molecule has 2 aromatic rings. The molecule has 7 nitrogen and oxygen atoms in total. The first kappa shape index (κ1) is 13.3. The van der Waals surface area contributed by atoms with Crippen molar-refractivity contribution in [1.29, 1.82) is 0 Å². The number of hydrogen-bond acceptors (Lipinski definition) is 5. The van der Waals surface area contributed by atoms with Gasteiger partial charge in [-0.25, -0.2) is 0 Å². The summed E-state index contributed by atoms with van der Waals surface area (Å²) in [5, 5.41) is 11.8. The summed E-state index contributed by atoms with van der Waals surface area (Å²) < 4.78 is 6.70. The fourth-order valence-electron chi connectivity index (χ4n) is 2.08. The topological polar surface area (TPSA) is 73.1 Å². The van der Waals surface area contributed by atoms with Crippen LogP contribution >= 0.6 is 22.6 Å². The maximum atomic E-state index is 12.3. The van der Waals surface area contributed by atoms with E-state index in [1.165, 1.54) is 4.80 Å². The number of carbonyl (C=O) groups excluding carboxylic acids is 1. The van der Waals surface area contributed by atoms with E-state index in [4.69, 9.17) is 4.74 Å². The zero-order valence-corrected chi connectivity index (χ0v) is 13.1. The molecule has 1 aromatic carbocycles. The zero-order valence-electron chi connectivity index (χ0n) is 10.9. The Kier molecular flexibility index (Phi) is 3.32. The number of benzene rings is 1. The number of tetrazole rings is 1. The van der Waals surface area contributed by atoms with Gasteiger partial charge in [-0.15, -0.1) is 10.2 Å². The lowest BCUT2D eigenvalue weighted by atomic mass is 10.2. The van der Waals surface area contributed by atoms with E-state index in [1.807, 2.05) is 18.2 Å². The van der Waals surface area contributed by atoms with E-state index in [1.54, 1.807) is 18.9 Å². The lowest BCUT2D eigenvalue weighted by molar-refractivity contribution is -0.125. The molecule has 0 bridgehead atoms. The predicted molar refractivity (Wildman–Crippen MR) is 79.2 cm³/mol. The Bertz CT molecular complexity index is 672. The van der Waals surface area contributed by atoms with E-state index in [-0.39, 0.29) is 12.5 Å². The first-order valence-electron chi connectivity index (χ1n) is 6.05. The standard InChI is InChI=1S/C12H12IN5O2/c1-7-12(19)18(6-11-14-16-17(2)15-11)9-4-3-8(13)5-10(9)20-7/h3-5,7H,6H2,1-2H3. The summed E-state index contributed by atoms with van der Waals surface area (Å²) >= 11 is 2.21. The van der Waals surface area contributed by atoms with Gasteiger partial charge in [-0.05, 0) is 52.9 Å². The van der Waals surface area contributed by atoms with Gasteiger partial charge in [0.25, 0.3) is 5.91 Å². The summed E-state index contributed by atoms with van der Waals surface area (Å²) in [6.07, 6.45) is -0.516. The molecule has 3 rings (SSSR count). The normalized spacial score (nSPS) is 17.9. The Morgan fingerprint density at radius 1 is 1.45 bits per heavy atom. The molecule has 0 spiro atoms. The lowest BCUT2D eigenvalue weighted by Crippen LogP contribution is -2.44. The summed E-state index contributed by atoms with van der Waals surface area (Å²) in [6.45, 7) is 2.02. The Morgan fingerprint density at radius 3 is 2.95 bits per heavy atom. The molecule has 1 aromatic heterocycles. The minimum Gasteiger partial charge on any atom is -0.479 e. The van der Waals surface area contributed by atoms with Crippen LogP contribution in [0.15, 0.2) is 18.2 Å². The number of fused-ring (bicyclic) bond motifs is 1. The van der Waals surface area contributed by atoms with Gasteiger partial charge in [-0.2, -0.15) is 4.80 Å². The van der Waals surface area contributed by atoms with Crippen LogP contribution in [0.5, 0.6) is 5.75 Å². The molecule has 1 unspecified atom stereocenters. The van der Waals surface area contributed by atoms with Gasteiger partial charge < -0.3 is 4.74 Å². The number of aryl methyl sites for hydroxylation is 1. The first-order chi connectivity index (χ1) is 9.54. The highest BCUT2D eigenvalue weighted by molar-refractivity contribution is 14.1. The molecule has 0 saturated carbocycles. The summed E-state index contributed by atoms with van der Waals surface area (Å²) in [6, 6.07) is 5.72. The molecule has 0 radical (unpaired) electrons. The van der Waals surface area contributed by atoms with Gasteiger partial charge in [0.2, 0.25) is 0 Å². The van der Waals surface area contributed by atoms with Crippen molar-refractivity contribution in [3.63, 3.8) is 0 Å². The zero-order chi connectivity index (χ0) is 14.3. The van der Waals surface area contributed by atoms with Crippen LogP contribution in [0.25, 0.3) is 0 Å². The molecule has 0 N–H and O–H groups in total. The summed E-state index contributed by atoms with van der Waals surface area (Å²) in [4.78, 5) is 15.3. The fraction of sp³-hybridized carbons (Fsp3) is 0.333. The molecule has 0 fully saturated rings. The minimum absolute atomic E-state index is 0.105. The van der Waals surface area contributed by atoms with Gasteiger partial charge in [-0.3, -0.25) is 9.69 Å². The van der Waals surface area contributed by atoms with E-state index in [0.29, 0.717) is 11.6 Å². The summed E-state index contributed by atoms with van der Waals surface area (Å²) in [7, 11) is 1.69. The van der Waals surface area contributed by atoms with Crippen molar-refractivity contribution in [2.24, 2.45) is 7.05 Å². The van der Waals surface area contributed by atoms with Crippen molar-refractivity contribution in [3.05, 3.63) is 27.6 Å². The van der Waals surface area contributed by atoms with Crippen molar-refractivity contribution >= 4 is 34.2 Å². The van der Waals surface area contributed by atoms with E-state index in [9.17, 15) is 4.79 Å². The van der Waals surface area contributed by atoms with Crippen LogP contribution in [-0.2, 0) is 18.4 Å². The van der Waals surface area contributed by atoms with Crippen molar-refractivity contribution in [1.82, 2.24) is 20.2 Å². The maximum absolute atomic E-state index is 12.3. The number of carbonyl (C=O) groups is 1. The molecule has 0 aliphatic carbocycles. The van der Waals surface area contributed by atoms with Gasteiger partial charge in [0.15, 0.2) is 11.9 Å². The second kappa shape index (κ2) is 5.00. The summed E-state index contributed by atoms with van der Waals surface area (Å²) in [5.74, 6) is 1.10. The van der Waals surface area contributed by atoms with Gasteiger partial charge in [-0.1, -0.05) is 0 Å². The number of hydrogen-bond donors (Lipinski definition) is 0. The SMILES string of the molecule is CC1Oc2cc(I)ccc2N(Cc2nnn(C)n2)C1=O. The Hall–Kier alpha value is -1.71. The molecule has 1 aliphatic heterocycles. The average molecular weight is 385 g/mol. The number of halogens is 1. The Balaban J connectivity index is 1.98. The number of aromatic nitrogens is 4. The third-order valence-corrected chi connectivity index (χ3v) is 3.65. The van der Waals surface area contributed by atoms with E-state index >= 15 is 0 Å². The molecule has 104 valence electrons. The highest BCUT2D eigenvalue weighted by Gasteiger charge is 2.32. The number of ether oxygens (including phenoxy) is 1. The van der Waals surface area contributed by atoms with Crippen LogP contribution < -0.4 is 9.64 Å². The molecule has 1 aliphatic rings. The van der Waals surface area contributed by atoms with E-state index < -0.39 is 6.10 Å². The molecule has 0 saturated heterocycles. The van der Waals surface area contributed by atoms with Crippen LogP contribution in [-0.4, -0.2) is 32.2 Å². The molecule has 2 heterocycles. The summed E-state index contributed by atoms with van der Waals surface area (Å²) in [5.41, 5.74) is 0.737. The molecule has 1 amide bonds. The second-order valence-electron chi connectivity index (χ2n) is 4.49. The van der Waals surface area contributed by atoms with Crippen LogP contribution in [0.1, 0.15) is 12.7 Å². The van der Waals surface area contributed by atoms with Crippen LogP contribution in [0.4, 0.5) is 5.69 Å². The Morgan fingerprint density at radius 2 is 2.25 bits per heavy atom. The van der Waals surface area contributed by atoms with Crippen molar-refractivity contribution < 1.29 is 9.53 Å². The van der Waals surface area contributed by atoms with Crippen molar-refractivity contribution in [2.45, 2.75) is 19.6 Å². The maximum Gasteiger partial charge on any atom is 0.268 e. The third-order valence-electron chi connectivity index (χ3n) is 2.98. The predicted octanol–water partition coefficient (Wildman–Crippen LogP) is 1.13. The van der Waals surface area contributed by atoms with E-state index in [0.717, 1.165) is 9.26 Å². The average Bonchev–Trinajstić information content (AvgIpc) is 2.80. The monoisotopic (exact) mass is 385 g/mol. The highest BCUT2D eigenvalue weighted by Crippen LogP contribution is 2.35. The molecule has 1 atom stereocenters. The number of rotatable bonds is 2. The van der Waals surface area contributed by atoms with Gasteiger partial charge in [0, 0.05) is 3.57 Å². The third kappa shape index (κ3) is 2.35. The largest absolute Gasteiger partial charge is 0.479 e. The Labute approximate surface area is 129 Å². The molecule has 20 heavy (non-hydrogen) atoms. The number of amides is 1. The van der Waals surface area contributed by atoms with Gasteiger partial charge in [0.1, 0.15) is 5.75 Å². The molecule has 8 heteroatoms. The van der Waals surface area contributed by atoms with Gasteiger partial charge >= 0.3 is 0 Å². The minimum atomic E-state index is -0.516. The highest BCUT2D eigenvalue weighted by atomic mass is 127. The van der Waals surface area contributed by atoms with Crippen LogP contribution in [0.3, 0.4) is 0 Å². The first-order valence-corrected chi connectivity index (χ1v) is 7.13. The molecular weight excluding hydrogens is 373 g/mol. The van der Waals surface area contributed by atoms with Crippen LogP contribution in [0, 0.1) is 3.57 Å². The van der Waals surface area contributed by atoms with Crippen molar-refractivity contribution in [3.8, 4) is 5.75 Å². The number of nitrogens with zero attached hydrogens (tertiary/aromatic N) is 5. The van der Waals surface area contributed by atoms with E-state index in [2.05, 4.69) is 38.0 Å². The smallest absolute Gasteiger partial charge is 0.268 e. The fourth-order valence-corrected chi connectivity index (χ4v) is 2.54. The quantitative estimate of drug-likeness (QED) is 0.725. The van der Waals surface area contributed by atoms with Gasteiger partial charge in [0.05, 0.1) is 19.3 Å². The van der Waals surface area contributed by atoms with Crippen LogP contribution in [0.2, 0.25) is 0 Å².